The summed E-state index contributed by atoms with van der Waals surface area (Å²) < 4.78 is 12.7. The zero-order valence-corrected chi connectivity index (χ0v) is 10.2. The molecule has 2 rings (SSSR count). The van der Waals surface area contributed by atoms with Crippen LogP contribution in [0.5, 0.6) is 0 Å². The van der Waals surface area contributed by atoms with Gasteiger partial charge in [0.05, 0.1) is 12.5 Å². The summed E-state index contributed by atoms with van der Waals surface area (Å²) in [7, 11) is 0. The highest BCUT2D eigenvalue weighted by molar-refractivity contribution is 5.91. The van der Waals surface area contributed by atoms with Crippen molar-refractivity contribution in [1.82, 2.24) is 0 Å². The molecule has 0 bridgehead atoms. The maximum Gasteiger partial charge on any atom is 0.227 e. The molecule has 0 aliphatic rings. The Balaban J connectivity index is 1.93. The van der Waals surface area contributed by atoms with Crippen LogP contribution < -0.4 is 5.32 Å². The number of aliphatic hydroxyl groups excluding tert-OH is 1. The Hall–Kier alpha value is -2.20. The molecule has 3 nitrogen and oxygen atoms in total. The van der Waals surface area contributed by atoms with Crippen molar-refractivity contribution < 1.29 is 14.3 Å². The summed E-state index contributed by atoms with van der Waals surface area (Å²) in [5.41, 5.74) is 1.20. The number of hydrogen-bond donors (Lipinski definition) is 2. The van der Waals surface area contributed by atoms with E-state index in [9.17, 15) is 14.3 Å². The molecule has 0 fully saturated rings. The first kappa shape index (κ1) is 13.2. The van der Waals surface area contributed by atoms with Crippen LogP contribution in [0.3, 0.4) is 0 Å². The summed E-state index contributed by atoms with van der Waals surface area (Å²) in [5.74, 6) is -0.660. The Morgan fingerprint density at radius 3 is 2.37 bits per heavy atom. The second-order valence-corrected chi connectivity index (χ2v) is 4.19. The largest absolute Gasteiger partial charge is 0.388 e. The van der Waals surface area contributed by atoms with Gasteiger partial charge < -0.3 is 10.4 Å². The highest BCUT2D eigenvalue weighted by Gasteiger charge is 2.13. The highest BCUT2D eigenvalue weighted by Crippen LogP contribution is 2.18. The second-order valence-electron chi connectivity index (χ2n) is 4.19. The molecule has 2 aromatic rings. The zero-order valence-electron chi connectivity index (χ0n) is 10.2. The lowest BCUT2D eigenvalue weighted by atomic mass is 10.1. The van der Waals surface area contributed by atoms with Gasteiger partial charge in [0, 0.05) is 5.69 Å². The fraction of sp³-hybridized carbons (Fsp3) is 0.133. The molecule has 98 valence electrons. The summed E-state index contributed by atoms with van der Waals surface area (Å²) in [6.07, 6.45) is -1.01. The van der Waals surface area contributed by atoms with E-state index in [0.29, 0.717) is 11.3 Å². The minimum Gasteiger partial charge on any atom is -0.388 e. The molecule has 0 radical (unpaired) electrons. The highest BCUT2D eigenvalue weighted by atomic mass is 19.1. The molecule has 0 aliphatic carbocycles. The van der Waals surface area contributed by atoms with E-state index in [-0.39, 0.29) is 18.1 Å². The molecular formula is C15H14FNO2. The molecule has 1 atom stereocenters. The average Bonchev–Trinajstić information content (AvgIpc) is 2.40. The Bertz CT molecular complexity index is 540. The Morgan fingerprint density at radius 1 is 1.11 bits per heavy atom. The van der Waals surface area contributed by atoms with Gasteiger partial charge in [-0.2, -0.15) is 0 Å². The molecule has 0 aromatic heterocycles. The molecule has 0 unspecified atom stereocenters. The summed E-state index contributed by atoms with van der Waals surface area (Å²) in [6.45, 7) is 0. The number of hydrogen-bond acceptors (Lipinski definition) is 2. The molecule has 2 aromatic carbocycles. The van der Waals surface area contributed by atoms with Crippen LogP contribution in [0.2, 0.25) is 0 Å². The Kier molecular flexibility index (Phi) is 4.26. The predicted molar refractivity (Wildman–Crippen MR) is 71.0 cm³/mol. The number of halogens is 1. The van der Waals surface area contributed by atoms with E-state index in [4.69, 9.17) is 0 Å². The maximum absolute atomic E-state index is 12.7. The van der Waals surface area contributed by atoms with Crippen molar-refractivity contribution in [2.75, 3.05) is 5.32 Å². The maximum atomic E-state index is 12.7. The molecule has 4 heteroatoms. The fourth-order valence-corrected chi connectivity index (χ4v) is 1.71. The van der Waals surface area contributed by atoms with Crippen LogP contribution in [-0.2, 0) is 4.79 Å². The van der Waals surface area contributed by atoms with Crippen molar-refractivity contribution in [2.45, 2.75) is 12.5 Å². The van der Waals surface area contributed by atoms with Crippen molar-refractivity contribution in [2.24, 2.45) is 0 Å². The van der Waals surface area contributed by atoms with E-state index >= 15 is 0 Å². The lowest BCUT2D eigenvalue weighted by molar-refractivity contribution is -0.118. The molecule has 1 amide bonds. The van der Waals surface area contributed by atoms with Gasteiger partial charge in [-0.3, -0.25) is 4.79 Å². The lowest BCUT2D eigenvalue weighted by Crippen LogP contribution is -2.15. The van der Waals surface area contributed by atoms with Crippen LogP contribution >= 0.6 is 0 Å². The summed E-state index contributed by atoms with van der Waals surface area (Å²) in [6, 6.07) is 14.5. The fourth-order valence-electron chi connectivity index (χ4n) is 1.71. The minimum absolute atomic E-state index is 0.0689. The number of carbonyl (C=O) groups is 1. The number of anilines is 1. The predicted octanol–water partition coefficient (Wildman–Crippen LogP) is 2.89. The van der Waals surface area contributed by atoms with Gasteiger partial charge in [0.2, 0.25) is 5.91 Å². The average molecular weight is 259 g/mol. The Morgan fingerprint density at radius 2 is 1.74 bits per heavy atom. The summed E-state index contributed by atoms with van der Waals surface area (Å²) in [5, 5.41) is 12.6. The third-order valence-corrected chi connectivity index (χ3v) is 2.69. The number of benzene rings is 2. The molecule has 0 saturated carbocycles. The van der Waals surface area contributed by atoms with E-state index in [1.54, 1.807) is 12.1 Å². The summed E-state index contributed by atoms with van der Waals surface area (Å²) >= 11 is 0. The first-order valence-corrected chi connectivity index (χ1v) is 5.93. The number of rotatable bonds is 4. The molecule has 2 N–H and O–H groups in total. The first-order chi connectivity index (χ1) is 9.15. The third kappa shape index (κ3) is 3.89. The van der Waals surface area contributed by atoms with Gasteiger partial charge in [-0.1, -0.05) is 30.3 Å². The molecular weight excluding hydrogens is 245 g/mol. The van der Waals surface area contributed by atoms with Gasteiger partial charge >= 0.3 is 0 Å². The Labute approximate surface area is 110 Å². The number of carbonyl (C=O) groups excluding carboxylic acids is 1. The SMILES string of the molecule is O=C(C[C@H](O)c1ccc(F)cc1)Nc1ccccc1. The monoisotopic (exact) mass is 259 g/mol. The van der Waals surface area contributed by atoms with Crippen molar-refractivity contribution in [3.63, 3.8) is 0 Å². The summed E-state index contributed by atoms with van der Waals surface area (Å²) in [4.78, 5) is 11.7. The van der Waals surface area contributed by atoms with Crippen LogP contribution in [0.4, 0.5) is 10.1 Å². The quantitative estimate of drug-likeness (QED) is 0.887. The number of amides is 1. The van der Waals surface area contributed by atoms with E-state index in [1.165, 1.54) is 24.3 Å². The number of nitrogens with one attached hydrogen (secondary N) is 1. The smallest absolute Gasteiger partial charge is 0.227 e. The molecule has 19 heavy (non-hydrogen) atoms. The van der Waals surface area contributed by atoms with Crippen molar-refractivity contribution in [1.29, 1.82) is 0 Å². The molecule has 0 saturated heterocycles. The van der Waals surface area contributed by atoms with E-state index in [0.717, 1.165) is 0 Å². The van der Waals surface area contributed by atoms with Gasteiger partial charge in [-0.25, -0.2) is 4.39 Å². The first-order valence-electron chi connectivity index (χ1n) is 5.93. The van der Waals surface area contributed by atoms with Gasteiger partial charge in [-0.05, 0) is 29.8 Å². The van der Waals surface area contributed by atoms with E-state index in [2.05, 4.69) is 5.32 Å². The van der Waals surface area contributed by atoms with E-state index < -0.39 is 6.10 Å². The zero-order chi connectivity index (χ0) is 13.7. The van der Waals surface area contributed by atoms with E-state index in [1.807, 2.05) is 18.2 Å². The number of para-hydroxylation sites is 1. The van der Waals surface area contributed by atoms with Gasteiger partial charge in [0.1, 0.15) is 5.82 Å². The van der Waals surface area contributed by atoms with Crippen LogP contribution in [0.25, 0.3) is 0 Å². The molecule has 0 heterocycles. The van der Waals surface area contributed by atoms with Crippen molar-refractivity contribution >= 4 is 11.6 Å². The second kappa shape index (κ2) is 6.11. The van der Waals surface area contributed by atoms with Crippen molar-refractivity contribution in [3.8, 4) is 0 Å². The normalized spacial score (nSPS) is 11.9. The molecule has 0 aliphatic heterocycles. The lowest BCUT2D eigenvalue weighted by Gasteiger charge is -2.11. The molecule has 0 spiro atoms. The van der Waals surface area contributed by atoms with Gasteiger partial charge in [-0.15, -0.1) is 0 Å². The van der Waals surface area contributed by atoms with Crippen LogP contribution in [0.15, 0.2) is 54.6 Å². The van der Waals surface area contributed by atoms with Gasteiger partial charge in [0.15, 0.2) is 0 Å². The van der Waals surface area contributed by atoms with Crippen LogP contribution in [0, 0.1) is 5.82 Å². The van der Waals surface area contributed by atoms with Crippen LogP contribution in [-0.4, -0.2) is 11.0 Å². The standard InChI is InChI=1S/C15H14FNO2/c16-12-8-6-11(7-9-12)14(18)10-15(19)17-13-4-2-1-3-5-13/h1-9,14,18H,10H2,(H,17,19)/t14-/m0/s1. The third-order valence-electron chi connectivity index (χ3n) is 2.69. The van der Waals surface area contributed by atoms with Crippen molar-refractivity contribution in [3.05, 3.63) is 66.0 Å². The topological polar surface area (TPSA) is 49.3 Å². The van der Waals surface area contributed by atoms with Gasteiger partial charge in [0.25, 0.3) is 0 Å². The minimum atomic E-state index is -0.940. The van der Waals surface area contributed by atoms with Crippen LogP contribution in [0.1, 0.15) is 18.1 Å². The number of aliphatic hydroxyl groups is 1.